The summed E-state index contributed by atoms with van der Waals surface area (Å²) in [6, 6.07) is 15.1. The van der Waals surface area contributed by atoms with Crippen molar-refractivity contribution < 1.29 is 19.1 Å². The van der Waals surface area contributed by atoms with Crippen LogP contribution in [0.15, 0.2) is 60.8 Å². The second-order valence-electron chi connectivity index (χ2n) is 7.84. The molecule has 3 rings (SSSR count). The molecule has 3 aromatic rings. The molecule has 1 aromatic heterocycles. The van der Waals surface area contributed by atoms with Gasteiger partial charge in [0, 0.05) is 19.2 Å². The molecular weight excluding hydrogens is 489 g/mol. The third kappa shape index (κ3) is 7.87. The number of anilines is 1. The lowest BCUT2D eigenvalue weighted by atomic mass is 10.0. The quantitative estimate of drug-likeness (QED) is 0.273. The van der Waals surface area contributed by atoms with E-state index in [0.717, 1.165) is 29.9 Å². The summed E-state index contributed by atoms with van der Waals surface area (Å²) < 4.78 is 10.7. The highest BCUT2D eigenvalue weighted by Crippen LogP contribution is 2.24. The SMILES string of the molecule is COC(=O)[C@H](Cc1ccc(OCCCNc2ccc(C)cn2)cc1)NC(=O)c1c(Cl)cccc1Cl. The fourth-order valence-electron chi connectivity index (χ4n) is 3.29. The number of nitrogens with zero attached hydrogens (tertiary/aromatic N) is 1. The van der Waals surface area contributed by atoms with Gasteiger partial charge in [0.05, 0.1) is 29.3 Å². The maximum Gasteiger partial charge on any atom is 0.328 e. The van der Waals surface area contributed by atoms with Crippen LogP contribution in [0.25, 0.3) is 0 Å². The fourth-order valence-corrected chi connectivity index (χ4v) is 3.86. The predicted molar refractivity (Wildman–Crippen MR) is 137 cm³/mol. The first-order valence-electron chi connectivity index (χ1n) is 11.1. The maximum absolute atomic E-state index is 12.7. The van der Waals surface area contributed by atoms with Gasteiger partial charge < -0.3 is 20.1 Å². The summed E-state index contributed by atoms with van der Waals surface area (Å²) in [6.07, 6.45) is 2.86. The Hall–Kier alpha value is -3.29. The van der Waals surface area contributed by atoms with Crippen molar-refractivity contribution >= 4 is 40.9 Å². The van der Waals surface area contributed by atoms with Gasteiger partial charge >= 0.3 is 5.97 Å². The number of nitrogens with one attached hydrogen (secondary N) is 2. The van der Waals surface area contributed by atoms with Gasteiger partial charge in [0.1, 0.15) is 17.6 Å². The van der Waals surface area contributed by atoms with E-state index in [1.54, 1.807) is 18.2 Å². The first-order chi connectivity index (χ1) is 16.9. The molecule has 0 aliphatic carbocycles. The summed E-state index contributed by atoms with van der Waals surface area (Å²) in [5.41, 5.74) is 2.05. The van der Waals surface area contributed by atoms with Crippen molar-refractivity contribution in [3.63, 3.8) is 0 Å². The molecule has 0 bridgehead atoms. The molecule has 0 aliphatic heterocycles. The number of hydrogen-bond donors (Lipinski definition) is 2. The van der Waals surface area contributed by atoms with E-state index < -0.39 is 17.9 Å². The highest BCUT2D eigenvalue weighted by atomic mass is 35.5. The van der Waals surface area contributed by atoms with E-state index in [2.05, 4.69) is 15.6 Å². The number of benzene rings is 2. The van der Waals surface area contributed by atoms with E-state index in [4.69, 9.17) is 32.7 Å². The van der Waals surface area contributed by atoms with Crippen LogP contribution in [-0.4, -0.2) is 43.2 Å². The molecule has 35 heavy (non-hydrogen) atoms. The number of aromatic nitrogens is 1. The molecule has 2 aromatic carbocycles. The minimum absolute atomic E-state index is 0.112. The number of ether oxygens (including phenoxy) is 2. The van der Waals surface area contributed by atoms with Crippen LogP contribution in [0.5, 0.6) is 5.75 Å². The highest BCUT2D eigenvalue weighted by Gasteiger charge is 2.25. The zero-order valence-corrected chi connectivity index (χ0v) is 21.0. The third-order valence-electron chi connectivity index (χ3n) is 5.15. The Morgan fingerprint density at radius 3 is 2.37 bits per heavy atom. The first kappa shape index (κ1) is 26.3. The molecule has 184 valence electrons. The highest BCUT2D eigenvalue weighted by molar-refractivity contribution is 6.39. The predicted octanol–water partition coefficient (Wildman–Crippen LogP) is 5.09. The molecule has 0 spiro atoms. The maximum atomic E-state index is 12.7. The summed E-state index contributed by atoms with van der Waals surface area (Å²) in [6.45, 7) is 3.28. The topological polar surface area (TPSA) is 89.6 Å². The second kappa shape index (κ2) is 13.0. The molecule has 0 saturated heterocycles. The van der Waals surface area contributed by atoms with Crippen LogP contribution in [0.4, 0.5) is 5.82 Å². The van der Waals surface area contributed by atoms with Crippen LogP contribution in [0, 0.1) is 6.92 Å². The van der Waals surface area contributed by atoms with Crippen molar-refractivity contribution in [1.29, 1.82) is 0 Å². The van der Waals surface area contributed by atoms with E-state index in [1.807, 2.05) is 49.5 Å². The van der Waals surface area contributed by atoms with Gasteiger partial charge in [-0.15, -0.1) is 0 Å². The van der Waals surface area contributed by atoms with Crippen LogP contribution in [0.2, 0.25) is 10.0 Å². The Morgan fingerprint density at radius 1 is 1.03 bits per heavy atom. The molecule has 0 fully saturated rings. The third-order valence-corrected chi connectivity index (χ3v) is 5.78. The summed E-state index contributed by atoms with van der Waals surface area (Å²) in [5.74, 6) is 0.426. The zero-order chi connectivity index (χ0) is 25.2. The van der Waals surface area contributed by atoms with E-state index in [1.165, 1.54) is 7.11 Å². The molecule has 1 atom stereocenters. The van der Waals surface area contributed by atoms with Gasteiger partial charge in [-0.2, -0.15) is 0 Å². The monoisotopic (exact) mass is 515 g/mol. The molecule has 0 radical (unpaired) electrons. The summed E-state index contributed by atoms with van der Waals surface area (Å²) in [7, 11) is 1.27. The first-order valence-corrected chi connectivity index (χ1v) is 11.8. The number of carbonyl (C=O) groups excluding carboxylic acids is 2. The summed E-state index contributed by atoms with van der Waals surface area (Å²) in [4.78, 5) is 29.3. The molecule has 7 nitrogen and oxygen atoms in total. The lowest BCUT2D eigenvalue weighted by Gasteiger charge is -2.18. The number of pyridine rings is 1. The minimum Gasteiger partial charge on any atom is -0.494 e. The van der Waals surface area contributed by atoms with Gasteiger partial charge in [-0.1, -0.05) is 47.5 Å². The van der Waals surface area contributed by atoms with Crippen molar-refractivity contribution in [1.82, 2.24) is 10.3 Å². The van der Waals surface area contributed by atoms with Gasteiger partial charge in [-0.25, -0.2) is 9.78 Å². The number of methoxy groups -OCH3 is 1. The van der Waals surface area contributed by atoms with E-state index in [9.17, 15) is 9.59 Å². The van der Waals surface area contributed by atoms with Crippen LogP contribution in [0.1, 0.15) is 27.9 Å². The lowest BCUT2D eigenvalue weighted by molar-refractivity contribution is -0.142. The Morgan fingerprint density at radius 2 is 1.74 bits per heavy atom. The average molecular weight is 516 g/mol. The van der Waals surface area contributed by atoms with Crippen molar-refractivity contribution in [3.05, 3.63) is 87.5 Å². The largest absolute Gasteiger partial charge is 0.494 e. The molecule has 1 heterocycles. The average Bonchev–Trinajstić information content (AvgIpc) is 2.85. The van der Waals surface area contributed by atoms with E-state index in [-0.39, 0.29) is 22.0 Å². The van der Waals surface area contributed by atoms with E-state index >= 15 is 0 Å². The molecule has 0 aliphatic rings. The van der Waals surface area contributed by atoms with Gasteiger partial charge in [0.25, 0.3) is 5.91 Å². The van der Waals surface area contributed by atoms with Crippen molar-refractivity contribution in [3.8, 4) is 5.75 Å². The Bertz CT molecular complexity index is 1120. The standard InChI is InChI=1S/C26H27Cl2N3O4/c1-17-7-12-23(30-16-17)29-13-4-14-35-19-10-8-18(9-11-19)15-22(26(33)34-2)31-25(32)24-20(27)5-3-6-21(24)28/h3,5-12,16,22H,4,13-15H2,1-2H3,(H,29,30)(H,31,32)/t22-/m0/s1. The van der Waals surface area contributed by atoms with Crippen LogP contribution in [0.3, 0.4) is 0 Å². The smallest absolute Gasteiger partial charge is 0.328 e. The van der Waals surface area contributed by atoms with Crippen LogP contribution in [-0.2, 0) is 16.0 Å². The molecule has 0 saturated carbocycles. The number of amides is 1. The molecule has 2 N–H and O–H groups in total. The van der Waals surface area contributed by atoms with Crippen molar-refractivity contribution in [2.45, 2.75) is 25.8 Å². The van der Waals surface area contributed by atoms with Gasteiger partial charge in [0.15, 0.2) is 0 Å². The second-order valence-corrected chi connectivity index (χ2v) is 8.66. The van der Waals surface area contributed by atoms with Gasteiger partial charge in [-0.05, 0) is 54.8 Å². The van der Waals surface area contributed by atoms with Crippen LogP contribution < -0.4 is 15.4 Å². The summed E-state index contributed by atoms with van der Waals surface area (Å²) >= 11 is 12.2. The molecule has 0 unspecified atom stereocenters. The molecule has 1 amide bonds. The number of rotatable bonds is 11. The normalized spacial score (nSPS) is 11.4. The lowest BCUT2D eigenvalue weighted by Crippen LogP contribution is -2.43. The van der Waals surface area contributed by atoms with Gasteiger partial charge in [-0.3, -0.25) is 4.79 Å². The fraction of sp³-hybridized carbons (Fsp3) is 0.269. The number of aryl methyl sites for hydroxylation is 1. The zero-order valence-electron chi connectivity index (χ0n) is 19.5. The number of carbonyl (C=O) groups is 2. The number of halogens is 2. The Labute approximate surface area is 214 Å². The number of esters is 1. The Kier molecular flexibility index (Phi) is 9.76. The molecule has 9 heteroatoms. The van der Waals surface area contributed by atoms with E-state index in [0.29, 0.717) is 12.4 Å². The summed E-state index contributed by atoms with van der Waals surface area (Å²) in [5, 5.41) is 6.32. The molecular formula is C26H27Cl2N3O4. The van der Waals surface area contributed by atoms with Crippen molar-refractivity contribution in [2.75, 3.05) is 25.6 Å². The Balaban J connectivity index is 1.51. The number of hydrogen-bond acceptors (Lipinski definition) is 6. The van der Waals surface area contributed by atoms with Crippen molar-refractivity contribution in [2.24, 2.45) is 0 Å². The van der Waals surface area contributed by atoms with Crippen LogP contribution >= 0.6 is 23.2 Å². The minimum atomic E-state index is -0.909. The van der Waals surface area contributed by atoms with Gasteiger partial charge in [0.2, 0.25) is 0 Å².